The summed E-state index contributed by atoms with van der Waals surface area (Å²) in [6.45, 7) is 0. The number of para-hydroxylation sites is 2. The van der Waals surface area contributed by atoms with Gasteiger partial charge in [-0.1, -0.05) is 48.0 Å². The third-order valence-corrected chi connectivity index (χ3v) is 3.87. The molecule has 0 radical (unpaired) electrons. The van der Waals surface area contributed by atoms with Gasteiger partial charge in [0.15, 0.2) is 0 Å². The van der Waals surface area contributed by atoms with E-state index in [1.165, 1.54) is 6.07 Å². The van der Waals surface area contributed by atoms with Gasteiger partial charge < -0.3 is 10.6 Å². The predicted molar refractivity (Wildman–Crippen MR) is 100 cm³/mol. The quantitative estimate of drug-likeness (QED) is 0.707. The van der Waals surface area contributed by atoms with Crippen LogP contribution in [0.5, 0.6) is 0 Å². The molecule has 124 valence electrons. The third kappa shape index (κ3) is 4.25. The number of carbonyl (C=O) groups is 2. The van der Waals surface area contributed by atoms with E-state index < -0.39 is 0 Å². The molecular formula is C20H15ClN2O2. The first kappa shape index (κ1) is 16.7. The molecule has 0 saturated carbocycles. The zero-order valence-corrected chi connectivity index (χ0v) is 14.0. The lowest BCUT2D eigenvalue weighted by Gasteiger charge is -2.09. The Bertz CT molecular complexity index is 896. The van der Waals surface area contributed by atoms with E-state index in [2.05, 4.69) is 10.6 Å². The van der Waals surface area contributed by atoms with Crippen LogP contribution in [0.2, 0.25) is 5.02 Å². The molecule has 0 aliphatic carbocycles. The van der Waals surface area contributed by atoms with E-state index in [9.17, 15) is 9.59 Å². The maximum atomic E-state index is 12.4. The van der Waals surface area contributed by atoms with Crippen LogP contribution in [0.15, 0.2) is 78.9 Å². The molecule has 2 N–H and O–H groups in total. The Kier molecular flexibility index (Phi) is 5.11. The summed E-state index contributed by atoms with van der Waals surface area (Å²) in [5.74, 6) is -0.679. The molecule has 3 rings (SSSR count). The highest BCUT2D eigenvalue weighted by molar-refractivity contribution is 6.34. The summed E-state index contributed by atoms with van der Waals surface area (Å²) in [6.07, 6.45) is 0. The number of hydrogen-bond donors (Lipinski definition) is 2. The molecule has 0 unspecified atom stereocenters. The SMILES string of the molecule is O=C(Nc1ccccc1)c1ccc(Cl)c(C(=O)Nc2ccccc2)c1. The molecule has 0 spiro atoms. The number of rotatable bonds is 4. The van der Waals surface area contributed by atoms with Gasteiger partial charge in [-0.15, -0.1) is 0 Å². The topological polar surface area (TPSA) is 58.2 Å². The van der Waals surface area contributed by atoms with Gasteiger partial charge in [0.25, 0.3) is 11.8 Å². The maximum Gasteiger partial charge on any atom is 0.257 e. The van der Waals surface area contributed by atoms with E-state index in [1.54, 1.807) is 36.4 Å². The molecule has 0 heterocycles. The number of nitrogens with one attached hydrogen (secondary N) is 2. The minimum absolute atomic E-state index is 0.242. The van der Waals surface area contributed by atoms with Crippen LogP contribution in [0.1, 0.15) is 20.7 Å². The van der Waals surface area contributed by atoms with Crippen molar-refractivity contribution >= 4 is 34.8 Å². The van der Waals surface area contributed by atoms with Crippen LogP contribution in [0, 0.1) is 0 Å². The van der Waals surface area contributed by atoms with Gasteiger partial charge >= 0.3 is 0 Å². The monoisotopic (exact) mass is 350 g/mol. The summed E-state index contributed by atoms with van der Waals surface area (Å²) in [5.41, 5.74) is 1.93. The van der Waals surface area contributed by atoms with Crippen LogP contribution in [-0.2, 0) is 0 Å². The van der Waals surface area contributed by atoms with E-state index in [-0.39, 0.29) is 22.4 Å². The molecular weight excluding hydrogens is 336 g/mol. The van der Waals surface area contributed by atoms with Gasteiger partial charge in [-0.3, -0.25) is 9.59 Å². The van der Waals surface area contributed by atoms with Gasteiger partial charge in [-0.25, -0.2) is 0 Å². The zero-order valence-electron chi connectivity index (χ0n) is 13.2. The lowest BCUT2D eigenvalue weighted by Crippen LogP contribution is -2.16. The molecule has 5 heteroatoms. The van der Waals surface area contributed by atoms with Crippen molar-refractivity contribution < 1.29 is 9.59 Å². The van der Waals surface area contributed by atoms with Crippen molar-refractivity contribution in [3.8, 4) is 0 Å². The number of amides is 2. The minimum atomic E-state index is -0.370. The van der Waals surface area contributed by atoms with Gasteiger partial charge in [0.2, 0.25) is 0 Å². The molecule has 0 fully saturated rings. The molecule has 3 aromatic carbocycles. The predicted octanol–water partition coefficient (Wildman–Crippen LogP) is 4.84. The highest BCUT2D eigenvalue weighted by Crippen LogP contribution is 2.20. The average molecular weight is 351 g/mol. The van der Waals surface area contributed by atoms with E-state index >= 15 is 0 Å². The molecule has 0 bridgehead atoms. The second kappa shape index (κ2) is 7.64. The number of halogens is 1. The van der Waals surface area contributed by atoms with Crippen molar-refractivity contribution in [2.45, 2.75) is 0 Å². The average Bonchev–Trinajstić information content (AvgIpc) is 2.63. The van der Waals surface area contributed by atoms with Gasteiger partial charge in [0.05, 0.1) is 10.6 Å². The Morgan fingerprint density at radius 1 is 0.680 bits per heavy atom. The molecule has 3 aromatic rings. The van der Waals surface area contributed by atoms with E-state index in [4.69, 9.17) is 11.6 Å². The first-order chi connectivity index (χ1) is 12.1. The summed E-state index contributed by atoms with van der Waals surface area (Å²) < 4.78 is 0. The molecule has 25 heavy (non-hydrogen) atoms. The van der Waals surface area contributed by atoms with Crippen LogP contribution < -0.4 is 10.6 Å². The Morgan fingerprint density at radius 3 is 1.76 bits per heavy atom. The highest BCUT2D eigenvalue weighted by Gasteiger charge is 2.15. The Morgan fingerprint density at radius 2 is 1.20 bits per heavy atom. The standard InChI is InChI=1S/C20H15ClN2O2/c21-18-12-11-14(19(24)22-15-7-3-1-4-8-15)13-17(18)20(25)23-16-9-5-2-6-10-16/h1-13H,(H,22,24)(H,23,25). The fraction of sp³-hybridized carbons (Fsp3) is 0. The van der Waals surface area contributed by atoms with Gasteiger partial charge in [-0.05, 0) is 42.5 Å². The van der Waals surface area contributed by atoms with Crippen molar-refractivity contribution in [1.82, 2.24) is 0 Å². The van der Waals surface area contributed by atoms with Crippen LogP contribution in [0.4, 0.5) is 11.4 Å². The Hall–Kier alpha value is -3.11. The molecule has 4 nitrogen and oxygen atoms in total. The maximum absolute atomic E-state index is 12.4. The van der Waals surface area contributed by atoms with Crippen LogP contribution in [0.3, 0.4) is 0 Å². The van der Waals surface area contributed by atoms with Crippen molar-refractivity contribution in [1.29, 1.82) is 0 Å². The number of hydrogen-bond acceptors (Lipinski definition) is 2. The Balaban J connectivity index is 1.80. The zero-order chi connectivity index (χ0) is 17.6. The minimum Gasteiger partial charge on any atom is -0.322 e. The van der Waals surface area contributed by atoms with E-state index in [0.29, 0.717) is 16.9 Å². The molecule has 2 amide bonds. The highest BCUT2D eigenvalue weighted by atomic mass is 35.5. The summed E-state index contributed by atoms with van der Waals surface area (Å²) >= 11 is 6.13. The smallest absolute Gasteiger partial charge is 0.257 e. The fourth-order valence-electron chi connectivity index (χ4n) is 2.29. The van der Waals surface area contributed by atoms with Crippen molar-refractivity contribution in [2.75, 3.05) is 10.6 Å². The van der Waals surface area contributed by atoms with Crippen molar-refractivity contribution in [3.05, 3.63) is 95.0 Å². The van der Waals surface area contributed by atoms with Gasteiger partial charge in [-0.2, -0.15) is 0 Å². The van der Waals surface area contributed by atoms with Crippen LogP contribution in [-0.4, -0.2) is 11.8 Å². The third-order valence-electron chi connectivity index (χ3n) is 3.54. The molecule has 0 aromatic heterocycles. The molecule has 0 saturated heterocycles. The number of anilines is 2. The summed E-state index contributed by atoms with van der Waals surface area (Å²) in [4.78, 5) is 24.8. The molecule has 0 atom stereocenters. The summed E-state index contributed by atoms with van der Waals surface area (Å²) in [7, 11) is 0. The Labute approximate surface area is 150 Å². The number of carbonyl (C=O) groups excluding carboxylic acids is 2. The summed E-state index contributed by atoms with van der Waals surface area (Å²) in [6, 6.07) is 22.8. The normalized spacial score (nSPS) is 10.1. The summed E-state index contributed by atoms with van der Waals surface area (Å²) in [5, 5.41) is 5.82. The lowest BCUT2D eigenvalue weighted by molar-refractivity contribution is 0.102. The fourth-order valence-corrected chi connectivity index (χ4v) is 2.49. The first-order valence-corrected chi connectivity index (χ1v) is 8.03. The van der Waals surface area contributed by atoms with E-state index in [0.717, 1.165) is 0 Å². The second-order valence-corrected chi connectivity index (χ2v) is 5.74. The lowest BCUT2D eigenvalue weighted by atomic mass is 10.1. The number of benzene rings is 3. The second-order valence-electron chi connectivity index (χ2n) is 5.33. The van der Waals surface area contributed by atoms with Gasteiger partial charge in [0, 0.05) is 16.9 Å². The van der Waals surface area contributed by atoms with Gasteiger partial charge in [0.1, 0.15) is 0 Å². The largest absolute Gasteiger partial charge is 0.322 e. The molecule has 0 aliphatic heterocycles. The van der Waals surface area contributed by atoms with E-state index in [1.807, 2.05) is 36.4 Å². The van der Waals surface area contributed by atoms with Crippen molar-refractivity contribution in [2.24, 2.45) is 0 Å². The molecule has 0 aliphatic rings. The van der Waals surface area contributed by atoms with Crippen LogP contribution >= 0.6 is 11.6 Å². The van der Waals surface area contributed by atoms with Crippen molar-refractivity contribution in [3.63, 3.8) is 0 Å². The first-order valence-electron chi connectivity index (χ1n) is 7.66. The van der Waals surface area contributed by atoms with Crippen LogP contribution in [0.25, 0.3) is 0 Å².